The molecule has 0 radical (unpaired) electrons. The standard InChI is InChI=1S/C13H16BrN5/c14-8-5-11-12(16-6-8)19(13(15)17-11)10-3-4-18(7-10)9-1-2-9/h5-6,9-10H,1-4,7H2,(H2,15,17). The van der Waals surface area contributed by atoms with Gasteiger partial charge in [0.15, 0.2) is 5.65 Å². The van der Waals surface area contributed by atoms with Crippen molar-refractivity contribution in [1.29, 1.82) is 0 Å². The van der Waals surface area contributed by atoms with Crippen LogP contribution in [0.1, 0.15) is 25.3 Å². The second kappa shape index (κ2) is 4.18. The molecule has 0 bridgehead atoms. The van der Waals surface area contributed by atoms with Gasteiger partial charge >= 0.3 is 0 Å². The van der Waals surface area contributed by atoms with E-state index in [-0.39, 0.29) is 0 Å². The smallest absolute Gasteiger partial charge is 0.202 e. The summed E-state index contributed by atoms with van der Waals surface area (Å²) in [5.74, 6) is 0.586. The molecule has 0 spiro atoms. The van der Waals surface area contributed by atoms with E-state index in [1.165, 1.54) is 19.4 Å². The van der Waals surface area contributed by atoms with Gasteiger partial charge < -0.3 is 5.73 Å². The molecule has 1 aliphatic heterocycles. The Morgan fingerprint density at radius 2 is 2.11 bits per heavy atom. The van der Waals surface area contributed by atoms with E-state index in [0.717, 1.165) is 34.6 Å². The molecule has 5 nitrogen and oxygen atoms in total. The lowest BCUT2D eigenvalue weighted by Crippen LogP contribution is -2.24. The van der Waals surface area contributed by atoms with Crippen molar-refractivity contribution in [2.24, 2.45) is 0 Å². The number of nitrogens with zero attached hydrogens (tertiary/aromatic N) is 4. The summed E-state index contributed by atoms with van der Waals surface area (Å²) >= 11 is 3.43. The molecule has 2 aromatic heterocycles. The molecule has 19 heavy (non-hydrogen) atoms. The average Bonchev–Trinajstić information content (AvgIpc) is 3.02. The summed E-state index contributed by atoms with van der Waals surface area (Å²) in [6.45, 7) is 2.25. The van der Waals surface area contributed by atoms with Crippen LogP contribution in [-0.2, 0) is 0 Å². The van der Waals surface area contributed by atoms with Crippen molar-refractivity contribution >= 4 is 33.0 Å². The molecule has 2 aliphatic rings. The zero-order valence-corrected chi connectivity index (χ0v) is 12.2. The minimum absolute atomic E-state index is 0.416. The Morgan fingerprint density at radius 3 is 2.89 bits per heavy atom. The van der Waals surface area contributed by atoms with Gasteiger partial charge in [0.05, 0.1) is 6.04 Å². The quantitative estimate of drug-likeness (QED) is 0.921. The van der Waals surface area contributed by atoms with Crippen molar-refractivity contribution in [3.05, 3.63) is 16.7 Å². The second-order valence-corrected chi connectivity index (χ2v) is 6.42. The van der Waals surface area contributed by atoms with Crippen molar-refractivity contribution in [2.45, 2.75) is 31.3 Å². The van der Waals surface area contributed by atoms with E-state index in [0.29, 0.717) is 12.0 Å². The molecule has 100 valence electrons. The van der Waals surface area contributed by atoms with Gasteiger partial charge in [-0.05, 0) is 41.3 Å². The number of imidazole rings is 1. The molecule has 1 unspecified atom stereocenters. The molecule has 1 atom stereocenters. The number of aromatic nitrogens is 3. The highest BCUT2D eigenvalue weighted by molar-refractivity contribution is 9.10. The van der Waals surface area contributed by atoms with Gasteiger partial charge in [0.25, 0.3) is 0 Å². The lowest BCUT2D eigenvalue weighted by molar-refractivity contribution is 0.315. The Bertz CT molecular complexity index is 633. The van der Waals surface area contributed by atoms with Crippen LogP contribution in [0.15, 0.2) is 16.7 Å². The highest BCUT2D eigenvalue weighted by atomic mass is 79.9. The van der Waals surface area contributed by atoms with Crippen LogP contribution in [-0.4, -0.2) is 38.6 Å². The maximum Gasteiger partial charge on any atom is 0.202 e. The van der Waals surface area contributed by atoms with Crippen LogP contribution >= 0.6 is 15.9 Å². The first-order chi connectivity index (χ1) is 9.22. The summed E-state index contributed by atoms with van der Waals surface area (Å²) in [5.41, 5.74) is 7.88. The van der Waals surface area contributed by atoms with E-state index in [4.69, 9.17) is 5.73 Å². The molecule has 4 rings (SSSR count). The van der Waals surface area contributed by atoms with E-state index in [2.05, 4.69) is 35.4 Å². The summed E-state index contributed by atoms with van der Waals surface area (Å²) in [6.07, 6.45) is 5.67. The Hall–Kier alpha value is -1.14. The predicted molar refractivity (Wildman–Crippen MR) is 77.9 cm³/mol. The molecular formula is C13H16BrN5. The molecule has 2 aromatic rings. The Labute approximate surface area is 119 Å². The summed E-state index contributed by atoms with van der Waals surface area (Å²) in [6, 6.07) is 3.21. The van der Waals surface area contributed by atoms with Crippen LogP contribution in [0.4, 0.5) is 5.95 Å². The van der Waals surface area contributed by atoms with E-state index in [9.17, 15) is 0 Å². The zero-order chi connectivity index (χ0) is 13.0. The summed E-state index contributed by atoms with van der Waals surface area (Å²) < 4.78 is 3.06. The Balaban J connectivity index is 1.72. The maximum absolute atomic E-state index is 6.10. The minimum atomic E-state index is 0.416. The van der Waals surface area contributed by atoms with Gasteiger partial charge in [0.2, 0.25) is 5.95 Å². The summed E-state index contributed by atoms with van der Waals surface area (Å²) in [4.78, 5) is 11.5. The van der Waals surface area contributed by atoms with Gasteiger partial charge in [-0.25, -0.2) is 9.97 Å². The zero-order valence-electron chi connectivity index (χ0n) is 10.6. The molecule has 0 aromatic carbocycles. The fourth-order valence-electron chi connectivity index (χ4n) is 3.09. The molecule has 1 saturated carbocycles. The number of halogens is 1. The van der Waals surface area contributed by atoms with Crippen LogP contribution in [0, 0.1) is 0 Å². The number of nitrogen functional groups attached to an aromatic ring is 1. The number of hydrogen-bond acceptors (Lipinski definition) is 4. The first kappa shape index (κ1) is 11.7. The van der Waals surface area contributed by atoms with Crippen LogP contribution < -0.4 is 5.73 Å². The van der Waals surface area contributed by atoms with Crippen LogP contribution in [0.3, 0.4) is 0 Å². The Morgan fingerprint density at radius 1 is 1.26 bits per heavy atom. The number of anilines is 1. The monoisotopic (exact) mass is 321 g/mol. The highest BCUT2D eigenvalue weighted by Gasteiger charge is 2.36. The topological polar surface area (TPSA) is 60.0 Å². The largest absolute Gasteiger partial charge is 0.369 e. The van der Waals surface area contributed by atoms with Crippen molar-refractivity contribution in [1.82, 2.24) is 19.4 Å². The van der Waals surface area contributed by atoms with Crippen molar-refractivity contribution in [3.63, 3.8) is 0 Å². The third-order valence-electron chi connectivity index (χ3n) is 4.15. The highest BCUT2D eigenvalue weighted by Crippen LogP contribution is 2.35. The molecule has 0 amide bonds. The van der Waals surface area contributed by atoms with Gasteiger partial charge in [0, 0.05) is 29.8 Å². The molecule has 2 N–H and O–H groups in total. The number of fused-ring (bicyclic) bond motifs is 1. The number of likely N-dealkylation sites (tertiary alicyclic amines) is 1. The SMILES string of the molecule is Nc1nc2cc(Br)cnc2n1C1CCN(C2CC2)C1. The van der Waals surface area contributed by atoms with Gasteiger partial charge in [0.1, 0.15) is 5.52 Å². The first-order valence-corrected chi connectivity index (χ1v) is 7.54. The number of rotatable bonds is 2. The average molecular weight is 322 g/mol. The number of hydrogen-bond donors (Lipinski definition) is 1. The molecular weight excluding hydrogens is 306 g/mol. The van der Waals surface area contributed by atoms with E-state index >= 15 is 0 Å². The number of nitrogens with two attached hydrogens (primary N) is 1. The lowest BCUT2D eigenvalue weighted by Gasteiger charge is -2.16. The van der Waals surface area contributed by atoms with E-state index < -0.39 is 0 Å². The molecule has 2 fully saturated rings. The van der Waals surface area contributed by atoms with Gasteiger partial charge in [-0.1, -0.05) is 0 Å². The Kier molecular flexibility index (Phi) is 2.57. The minimum Gasteiger partial charge on any atom is -0.369 e. The predicted octanol–water partition coefficient (Wildman–Crippen LogP) is 2.19. The molecule has 6 heteroatoms. The number of pyridine rings is 1. The molecule has 1 saturated heterocycles. The van der Waals surface area contributed by atoms with Crippen molar-refractivity contribution in [2.75, 3.05) is 18.8 Å². The van der Waals surface area contributed by atoms with Crippen LogP contribution in [0.2, 0.25) is 0 Å². The third kappa shape index (κ3) is 1.94. The van der Waals surface area contributed by atoms with Gasteiger partial charge in [-0.15, -0.1) is 0 Å². The summed E-state index contributed by atoms with van der Waals surface area (Å²) in [5, 5.41) is 0. The van der Waals surface area contributed by atoms with Gasteiger partial charge in [-0.3, -0.25) is 9.47 Å². The van der Waals surface area contributed by atoms with Crippen LogP contribution in [0.25, 0.3) is 11.2 Å². The maximum atomic E-state index is 6.10. The first-order valence-electron chi connectivity index (χ1n) is 6.75. The normalized spacial score (nSPS) is 24.4. The molecule has 3 heterocycles. The summed E-state index contributed by atoms with van der Waals surface area (Å²) in [7, 11) is 0. The van der Waals surface area contributed by atoms with Gasteiger partial charge in [-0.2, -0.15) is 0 Å². The van der Waals surface area contributed by atoms with Crippen molar-refractivity contribution < 1.29 is 0 Å². The fourth-order valence-corrected chi connectivity index (χ4v) is 3.40. The fraction of sp³-hybridized carbons (Fsp3) is 0.538. The van der Waals surface area contributed by atoms with Crippen molar-refractivity contribution in [3.8, 4) is 0 Å². The van der Waals surface area contributed by atoms with E-state index in [1.54, 1.807) is 0 Å². The third-order valence-corrected chi connectivity index (χ3v) is 4.58. The van der Waals surface area contributed by atoms with E-state index in [1.807, 2.05) is 12.3 Å². The lowest BCUT2D eigenvalue weighted by atomic mass is 10.2. The second-order valence-electron chi connectivity index (χ2n) is 5.50. The molecule has 1 aliphatic carbocycles. The van der Waals surface area contributed by atoms with Crippen LogP contribution in [0.5, 0.6) is 0 Å².